The highest BCUT2D eigenvalue weighted by molar-refractivity contribution is 6.35. The van der Waals surface area contributed by atoms with Gasteiger partial charge in [-0.25, -0.2) is 0 Å². The van der Waals surface area contributed by atoms with E-state index in [9.17, 15) is 14.4 Å². The van der Waals surface area contributed by atoms with Gasteiger partial charge in [-0.15, -0.1) is 0 Å². The van der Waals surface area contributed by atoms with Crippen LogP contribution in [-0.2, 0) is 23.9 Å². The molecule has 0 radical (unpaired) electrons. The first-order valence-corrected chi connectivity index (χ1v) is 8.53. The van der Waals surface area contributed by atoms with Gasteiger partial charge in [0, 0.05) is 36.3 Å². The van der Waals surface area contributed by atoms with Gasteiger partial charge < -0.3 is 25.4 Å². The Morgan fingerprint density at radius 2 is 1.85 bits per heavy atom. The molecule has 0 saturated carbocycles. The second-order valence-corrected chi connectivity index (χ2v) is 6.51. The van der Waals surface area contributed by atoms with Crippen LogP contribution in [0.3, 0.4) is 0 Å². The fraction of sp³-hybridized carbons (Fsp3) is 0.438. The van der Waals surface area contributed by atoms with E-state index in [1.807, 2.05) is 0 Å². The van der Waals surface area contributed by atoms with Gasteiger partial charge >= 0.3 is 0 Å². The normalized spacial score (nSPS) is 20.3. The van der Waals surface area contributed by atoms with Gasteiger partial charge in [-0.3, -0.25) is 14.4 Å². The lowest BCUT2D eigenvalue weighted by Gasteiger charge is -2.18. The summed E-state index contributed by atoms with van der Waals surface area (Å²) >= 11 is 11.8. The van der Waals surface area contributed by atoms with E-state index in [4.69, 9.17) is 32.7 Å². The van der Waals surface area contributed by atoms with Crippen LogP contribution >= 0.6 is 23.2 Å². The maximum atomic E-state index is 12.3. The molecule has 1 saturated heterocycles. The smallest absolute Gasteiger partial charge is 0.263 e. The van der Waals surface area contributed by atoms with E-state index in [1.165, 1.54) is 32.4 Å². The summed E-state index contributed by atoms with van der Waals surface area (Å²) in [5.41, 5.74) is 0.339. The lowest BCUT2D eigenvalue weighted by molar-refractivity contribution is -0.140. The highest BCUT2D eigenvalue weighted by Gasteiger charge is 2.34. The Balaban J connectivity index is 1.95. The Morgan fingerprint density at radius 3 is 2.42 bits per heavy atom. The summed E-state index contributed by atoms with van der Waals surface area (Å²) in [6.45, 7) is 0.172. The lowest BCUT2D eigenvalue weighted by Crippen LogP contribution is -2.48. The minimum atomic E-state index is -1.38. The van der Waals surface area contributed by atoms with Crippen molar-refractivity contribution in [2.75, 3.05) is 26.1 Å². The van der Waals surface area contributed by atoms with Crippen molar-refractivity contribution in [3.05, 3.63) is 28.2 Å². The van der Waals surface area contributed by atoms with Crippen molar-refractivity contribution in [2.24, 2.45) is 0 Å². The molecule has 1 heterocycles. The monoisotopic (exact) mass is 403 g/mol. The molecular weight excluding hydrogens is 385 g/mol. The molecule has 3 amide bonds. The zero-order chi connectivity index (χ0) is 19.3. The molecule has 0 aromatic heterocycles. The molecule has 142 valence electrons. The zero-order valence-corrected chi connectivity index (χ0v) is 15.7. The SMILES string of the molecule is CNC(=O)[C@@H]1C[C@H](NC(=O)C(OC)C(=O)Nc2cc(Cl)cc(Cl)c2)CO1. The van der Waals surface area contributed by atoms with E-state index >= 15 is 0 Å². The van der Waals surface area contributed by atoms with Gasteiger partial charge in [0.1, 0.15) is 6.10 Å². The number of carbonyl (C=O) groups excluding carboxylic acids is 3. The summed E-state index contributed by atoms with van der Waals surface area (Å²) in [6.07, 6.45) is -1.70. The number of rotatable bonds is 6. The number of methoxy groups -OCH3 is 1. The van der Waals surface area contributed by atoms with Crippen LogP contribution in [-0.4, -0.2) is 56.7 Å². The summed E-state index contributed by atoms with van der Waals surface area (Å²) in [7, 11) is 2.75. The van der Waals surface area contributed by atoms with Crippen molar-refractivity contribution in [3.63, 3.8) is 0 Å². The van der Waals surface area contributed by atoms with Crippen LogP contribution in [0.4, 0.5) is 5.69 Å². The number of hydrogen-bond acceptors (Lipinski definition) is 5. The van der Waals surface area contributed by atoms with Gasteiger partial charge in [0.25, 0.3) is 11.8 Å². The molecule has 1 aliphatic heterocycles. The van der Waals surface area contributed by atoms with Crippen molar-refractivity contribution < 1.29 is 23.9 Å². The van der Waals surface area contributed by atoms with Crippen molar-refractivity contribution in [3.8, 4) is 0 Å². The van der Waals surface area contributed by atoms with E-state index in [2.05, 4.69) is 16.0 Å². The maximum Gasteiger partial charge on any atom is 0.263 e. The Bertz CT molecular complexity index is 680. The van der Waals surface area contributed by atoms with Crippen LogP contribution in [0.25, 0.3) is 0 Å². The maximum absolute atomic E-state index is 12.3. The lowest BCUT2D eigenvalue weighted by atomic mass is 10.1. The van der Waals surface area contributed by atoms with Crippen molar-refractivity contribution in [2.45, 2.75) is 24.7 Å². The second kappa shape index (κ2) is 9.18. The quantitative estimate of drug-likeness (QED) is 0.613. The van der Waals surface area contributed by atoms with E-state index in [-0.39, 0.29) is 12.5 Å². The number of benzene rings is 1. The van der Waals surface area contributed by atoms with Crippen LogP contribution in [0, 0.1) is 0 Å². The highest BCUT2D eigenvalue weighted by Crippen LogP contribution is 2.22. The Hall–Kier alpha value is -1.87. The molecule has 0 aliphatic carbocycles. The predicted molar refractivity (Wildman–Crippen MR) is 96.2 cm³/mol. The Kier molecular flexibility index (Phi) is 7.22. The molecule has 0 spiro atoms. The molecule has 3 atom stereocenters. The molecule has 10 heteroatoms. The number of hydrogen-bond donors (Lipinski definition) is 3. The minimum absolute atomic E-state index is 0.172. The number of carbonyl (C=O) groups is 3. The first-order chi connectivity index (χ1) is 12.3. The minimum Gasteiger partial charge on any atom is -0.366 e. The van der Waals surface area contributed by atoms with Crippen LogP contribution in [0.5, 0.6) is 0 Å². The first kappa shape index (κ1) is 20.4. The molecule has 1 fully saturated rings. The summed E-state index contributed by atoms with van der Waals surface area (Å²) in [5.74, 6) is -1.57. The van der Waals surface area contributed by atoms with Gasteiger partial charge in [-0.05, 0) is 18.2 Å². The third-order valence-corrected chi connectivity index (χ3v) is 4.16. The number of halogens is 2. The molecule has 1 aliphatic rings. The number of ether oxygens (including phenoxy) is 2. The van der Waals surface area contributed by atoms with Gasteiger partial charge in [-0.1, -0.05) is 23.2 Å². The summed E-state index contributed by atoms with van der Waals surface area (Å²) in [5, 5.41) is 8.34. The molecular formula is C16H19Cl2N3O5. The molecule has 1 aromatic rings. The predicted octanol–water partition coefficient (Wildman–Crippen LogP) is 0.967. The number of nitrogens with one attached hydrogen (secondary N) is 3. The zero-order valence-electron chi connectivity index (χ0n) is 14.2. The average molecular weight is 404 g/mol. The van der Waals surface area contributed by atoms with E-state index in [0.29, 0.717) is 22.2 Å². The summed E-state index contributed by atoms with van der Waals surface area (Å²) in [4.78, 5) is 36.2. The number of likely N-dealkylation sites (N-methyl/N-ethyl adjacent to an activating group) is 1. The topological polar surface area (TPSA) is 106 Å². The summed E-state index contributed by atoms with van der Waals surface area (Å²) in [6, 6.07) is 4.11. The molecule has 1 unspecified atom stereocenters. The molecule has 0 bridgehead atoms. The average Bonchev–Trinajstić information content (AvgIpc) is 3.02. The molecule has 26 heavy (non-hydrogen) atoms. The molecule has 3 N–H and O–H groups in total. The van der Waals surface area contributed by atoms with E-state index in [0.717, 1.165) is 0 Å². The van der Waals surface area contributed by atoms with E-state index in [1.54, 1.807) is 0 Å². The number of amides is 3. The van der Waals surface area contributed by atoms with Crippen LogP contribution < -0.4 is 16.0 Å². The van der Waals surface area contributed by atoms with Crippen LogP contribution in [0.2, 0.25) is 10.0 Å². The van der Waals surface area contributed by atoms with Gasteiger partial charge in [0.15, 0.2) is 0 Å². The van der Waals surface area contributed by atoms with Crippen LogP contribution in [0.1, 0.15) is 6.42 Å². The van der Waals surface area contributed by atoms with Crippen molar-refractivity contribution >= 4 is 46.6 Å². The molecule has 2 rings (SSSR count). The largest absolute Gasteiger partial charge is 0.366 e. The van der Waals surface area contributed by atoms with E-state index < -0.39 is 30.1 Å². The highest BCUT2D eigenvalue weighted by atomic mass is 35.5. The third kappa shape index (κ3) is 5.31. The standard InChI is InChI=1S/C16H19Cl2N3O5/c1-19-14(22)12-6-11(7-26-12)21-16(24)13(25-2)15(23)20-10-4-8(17)3-9(18)5-10/h3-5,11-13H,6-7H2,1-2H3,(H,19,22)(H,20,23)(H,21,24)/t11-,12-,13?/m0/s1. The van der Waals surface area contributed by atoms with Crippen molar-refractivity contribution in [1.82, 2.24) is 10.6 Å². The summed E-state index contributed by atoms with van der Waals surface area (Å²) < 4.78 is 10.3. The van der Waals surface area contributed by atoms with Gasteiger partial charge in [0.2, 0.25) is 12.0 Å². The fourth-order valence-electron chi connectivity index (χ4n) is 2.51. The second-order valence-electron chi connectivity index (χ2n) is 5.64. The first-order valence-electron chi connectivity index (χ1n) is 7.77. The Labute approximate surface area is 160 Å². The number of anilines is 1. The molecule has 8 nitrogen and oxygen atoms in total. The Morgan fingerprint density at radius 1 is 1.19 bits per heavy atom. The van der Waals surface area contributed by atoms with Gasteiger partial charge in [-0.2, -0.15) is 0 Å². The van der Waals surface area contributed by atoms with Crippen molar-refractivity contribution in [1.29, 1.82) is 0 Å². The third-order valence-electron chi connectivity index (χ3n) is 3.72. The van der Waals surface area contributed by atoms with Gasteiger partial charge in [0.05, 0.1) is 12.6 Å². The molecule has 1 aromatic carbocycles. The van der Waals surface area contributed by atoms with Crippen LogP contribution in [0.15, 0.2) is 18.2 Å². The fourth-order valence-corrected chi connectivity index (χ4v) is 3.04.